The summed E-state index contributed by atoms with van der Waals surface area (Å²) < 4.78 is 10.8. The molecule has 2 heterocycles. The van der Waals surface area contributed by atoms with Crippen LogP contribution in [0.2, 0.25) is 0 Å². The van der Waals surface area contributed by atoms with Gasteiger partial charge in [0.25, 0.3) is 11.5 Å². The van der Waals surface area contributed by atoms with E-state index in [1.54, 1.807) is 43.4 Å². The zero-order chi connectivity index (χ0) is 19.7. The molecule has 0 saturated carbocycles. The summed E-state index contributed by atoms with van der Waals surface area (Å²) >= 11 is 0. The Morgan fingerprint density at radius 3 is 2.68 bits per heavy atom. The third-order valence-corrected chi connectivity index (χ3v) is 5.21. The number of hydrogen-bond donors (Lipinski definition) is 1. The Morgan fingerprint density at radius 1 is 1.14 bits per heavy atom. The van der Waals surface area contributed by atoms with Gasteiger partial charge in [0.2, 0.25) is 0 Å². The van der Waals surface area contributed by atoms with Crippen LogP contribution in [0.5, 0.6) is 11.5 Å². The first kappa shape index (κ1) is 18.0. The first-order valence-corrected chi connectivity index (χ1v) is 9.14. The molecule has 0 spiro atoms. The molecule has 1 saturated heterocycles. The van der Waals surface area contributed by atoms with Gasteiger partial charge in [0.05, 0.1) is 25.6 Å². The summed E-state index contributed by atoms with van der Waals surface area (Å²) in [5, 5.41) is 7.53. The number of benzene rings is 2. The molecule has 1 atom stereocenters. The minimum atomic E-state index is -0.304. The summed E-state index contributed by atoms with van der Waals surface area (Å²) in [5.74, 6) is 1.18. The van der Waals surface area contributed by atoms with E-state index in [1.165, 1.54) is 0 Å². The number of H-pyrrole nitrogens is 1. The van der Waals surface area contributed by atoms with E-state index < -0.39 is 0 Å². The first-order chi connectivity index (χ1) is 13.6. The van der Waals surface area contributed by atoms with Crippen LogP contribution in [0.4, 0.5) is 0 Å². The van der Waals surface area contributed by atoms with Gasteiger partial charge in [-0.3, -0.25) is 9.59 Å². The number of ether oxygens (including phenoxy) is 2. The Hall–Kier alpha value is -3.35. The van der Waals surface area contributed by atoms with Crippen LogP contribution in [0.15, 0.2) is 47.3 Å². The van der Waals surface area contributed by atoms with Crippen molar-refractivity contribution in [1.29, 1.82) is 0 Å². The van der Waals surface area contributed by atoms with Gasteiger partial charge >= 0.3 is 0 Å². The maximum Gasteiger partial charge on any atom is 0.275 e. The van der Waals surface area contributed by atoms with E-state index in [9.17, 15) is 9.59 Å². The summed E-state index contributed by atoms with van der Waals surface area (Å²) in [5.41, 5.74) is 0.888. The number of aromatic amines is 1. The number of carbonyl (C=O) groups is 1. The van der Waals surface area contributed by atoms with Crippen molar-refractivity contribution in [2.45, 2.75) is 18.9 Å². The van der Waals surface area contributed by atoms with Gasteiger partial charge < -0.3 is 14.4 Å². The lowest BCUT2D eigenvalue weighted by Gasteiger charge is -2.26. The summed E-state index contributed by atoms with van der Waals surface area (Å²) in [6.07, 6.45) is 1.71. The molecule has 7 heteroatoms. The summed E-state index contributed by atoms with van der Waals surface area (Å²) in [6, 6.07) is 12.5. The van der Waals surface area contributed by atoms with Gasteiger partial charge in [0.1, 0.15) is 11.5 Å². The highest BCUT2D eigenvalue weighted by molar-refractivity contribution is 6.05. The highest BCUT2D eigenvalue weighted by atomic mass is 16.5. The fraction of sp³-hybridized carbons (Fsp3) is 0.286. The second-order valence-corrected chi connectivity index (χ2v) is 6.71. The van der Waals surface area contributed by atoms with Crippen molar-refractivity contribution < 1.29 is 14.3 Å². The number of nitrogens with one attached hydrogen (secondary N) is 1. The van der Waals surface area contributed by atoms with Crippen LogP contribution in [-0.2, 0) is 0 Å². The average molecular weight is 379 g/mol. The number of hydrogen-bond acceptors (Lipinski definition) is 5. The lowest BCUT2D eigenvalue weighted by atomic mass is 10.0. The lowest BCUT2D eigenvalue weighted by molar-refractivity contribution is 0.0729. The SMILES string of the molecule is COc1ccc(C2CCCN2C(=O)c2n[nH]c(=O)c3ccccc23)c(OC)c1. The Kier molecular flexibility index (Phi) is 4.73. The zero-order valence-corrected chi connectivity index (χ0v) is 15.8. The molecule has 0 radical (unpaired) electrons. The molecular formula is C21H21N3O4. The number of aromatic nitrogens is 2. The fourth-order valence-electron chi connectivity index (χ4n) is 3.84. The predicted molar refractivity (Wildman–Crippen MR) is 105 cm³/mol. The second kappa shape index (κ2) is 7.34. The summed E-state index contributed by atoms with van der Waals surface area (Å²) in [7, 11) is 3.21. The Labute approximate surface area is 161 Å². The Bertz CT molecular complexity index is 1090. The molecule has 0 aliphatic carbocycles. The molecule has 1 N–H and O–H groups in total. The van der Waals surface area contributed by atoms with Crippen molar-refractivity contribution in [1.82, 2.24) is 15.1 Å². The quantitative estimate of drug-likeness (QED) is 0.753. The lowest BCUT2D eigenvalue weighted by Crippen LogP contribution is -2.32. The molecule has 1 fully saturated rings. The number of methoxy groups -OCH3 is 2. The van der Waals surface area contributed by atoms with Crippen LogP contribution in [0, 0.1) is 0 Å². The maximum absolute atomic E-state index is 13.4. The first-order valence-electron chi connectivity index (χ1n) is 9.14. The van der Waals surface area contributed by atoms with E-state index in [-0.39, 0.29) is 23.2 Å². The smallest absolute Gasteiger partial charge is 0.275 e. The van der Waals surface area contributed by atoms with Gasteiger partial charge in [-0.1, -0.05) is 18.2 Å². The molecule has 1 aromatic heterocycles. The van der Waals surface area contributed by atoms with E-state index in [4.69, 9.17) is 9.47 Å². The normalized spacial score (nSPS) is 16.4. The summed E-state index contributed by atoms with van der Waals surface area (Å²) in [6.45, 7) is 0.619. The molecule has 1 amide bonds. The number of fused-ring (bicyclic) bond motifs is 1. The van der Waals surface area contributed by atoms with Gasteiger partial charge in [-0.05, 0) is 31.0 Å². The third kappa shape index (κ3) is 2.98. The summed E-state index contributed by atoms with van der Waals surface area (Å²) in [4.78, 5) is 27.2. The van der Waals surface area contributed by atoms with Crippen LogP contribution >= 0.6 is 0 Å². The molecule has 28 heavy (non-hydrogen) atoms. The molecule has 7 nitrogen and oxygen atoms in total. The van der Waals surface area contributed by atoms with Gasteiger partial charge in [0.15, 0.2) is 5.69 Å². The molecule has 3 aromatic rings. The van der Waals surface area contributed by atoms with Crippen molar-refractivity contribution in [3.63, 3.8) is 0 Å². The number of nitrogens with zero attached hydrogens (tertiary/aromatic N) is 2. The van der Waals surface area contributed by atoms with Crippen LogP contribution in [0.1, 0.15) is 34.9 Å². The number of amides is 1. The second-order valence-electron chi connectivity index (χ2n) is 6.71. The van der Waals surface area contributed by atoms with Crippen molar-refractivity contribution in [2.24, 2.45) is 0 Å². The van der Waals surface area contributed by atoms with Gasteiger partial charge in [-0.15, -0.1) is 0 Å². The van der Waals surface area contributed by atoms with E-state index >= 15 is 0 Å². The topological polar surface area (TPSA) is 84.5 Å². The van der Waals surface area contributed by atoms with Gasteiger partial charge in [-0.2, -0.15) is 5.10 Å². The van der Waals surface area contributed by atoms with E-state index in [2.05, 4.69) is 10.2 Å². The van der Waals surface area contributed by atoms with Crippen LogP contribution in [0.3, 0.4) is 0 Å². The number of rotatable bonds is 4. The van der Waals surface area contributed by atoms with E-state index in [0.29, 0.717) is 28.8 Å². The molecule has 144 valence electrons. The van der Waals surface area contributed by atoms with Crippen LogP contribution in [0.25, 0.3) is 10.8 Å². The molecular weight excluding hydrogens is 358 g/mol. The fourth-order valence-corrected chi connectivity index (χ4v) is 3.84. The predicted octanol–water partition coefficient (Wildman–Crippen LogP) is 2.92. The molecule has 1 unspecified atom stereocenters. The number of likely N-dealkylation sites (tertiary alicyclic amines) is 1. The van der Waals surface area contributed by atoms with E-state index in [1.807, 2.05) is 18.2 Å². The molecule has 4 rings (SSSR count). The Morgan fingerprint density at radius 2 is 1.93 bits per heavy atom. The maximum atomic E-state index is 13.4. The largest absolute Gasteiger partial charge is 0.497 e. The minimum Gasteiger partial charge on any atom is -0.497 e. The van der Waals surface area contributed by atoms with Crippen molar-refractivity contribution >= 4 is 16.7 Å². The van der Waals surface area contributed by atoms with Crippen molar-refractivity contribution in [2.75, 3.05) is 20.8 Å². The van der Waals surface area contributed by atoms with Crippen LogP contribution < -0.4 is 15.0 Å². The zero-order valence-electron chi connectivity index (χ0n) is 15.8. The van der Waals surface area contributed by atoms with Gasteiger partial charge in [-0.25, -0.2) is 5.10 Å². The Balaban J connectivity index is 1.75. The standard InChI is InChI=1S/C21H21N3O4/c1-27-13-9-10-16(18(12-13)28-2)17-8-5-11-24(17)21(26)19-14-6-3-4-7-15(14)20(25)23-22-19/h3-4,6-7,9-10,12,17H,5,8,11H2,1-2H3,(H,23,25). The molecule has 0 bridgehead atoms. The number of carbonyl (C=O) groups excluding carboxylic acids is 1. The molecule has 1 aliphatic heterocycles. The highest BCUT2D eigenvalue weighted by Crippen LogP contribution is 2.39. The van der Waals surface area contributed by atoms with Gasteiger partial charge in [0, 0.05) is 23.6 Å². The van der Waals surface area contributed by atoms with Crippen molar-refractivity contribution in [3.8, 4) is 11.5 Å². The monoisotopic (exact) mass is 379 g/mol. The van der Waals surface area contributed by atoms with Crippen LogP contribution in [-0.4, -0.2) is 41.8 Å². The minimum absolute atomic E-state index is 0.124. The average Bonchev–Trinajstić information content (AvgIpc) is 3.23. The van der Waals surface area contributed by atoms with Crippen molar-refractivity contribution in [3.05, 3.63) is 64.1 Å². The molecule has 1 aliphatic rings. The van der Waals surface area contributed by atoms with E-state index in [0.717, 1.165) is 18.4 Å². The highest BCUT2D eigenvalue weighted by Gasteiger charge is 2.34. The third-order valence-electron chi connectivity index (χ3n) is 5.21. The molecule has 2 aromatic carbocycles.